The van der Waals surface area contributed by atoms with Gasteiger partial charge in [-0.25, -0.2) is 14.6 Å². The average molecular weight is 471 g/mol. The second kappa shape index (κ2) is 11.0. The summed E-state index contributed by atoms with van der Waals surface area (Å²) in [5, 5.41) is 12.1. The number of fused-ring (bicyclic) bond motifs is 2. The summed E-state index contributed by atoms with van der Waals surface area (Å²) in [5.74, 6) is 2.80. The van der Waals surface area contributed by atoms with Crippen LogP contribution >= 0.6 is 11.8 Å². The van der Waals surface area contributed by atoms with Crippen LogP contribution in [-0.4, -0.2) is 65.0 Å². The molecule has 0 atom stereocenters. The third-order valence-corrected chi connectivity index (χ3v) is 5.52. The number of anilines is 1. The molecule has 4 rings (SSSR count). The number of nitrogens with one attached hydrogen (secondary N) is 2. The predicted octanol–water partition coefficient (Wildman–Crippen LogP) is 2.55. The van der Waals surface area contributed by atoms with Gasteiger partial charge in [0, 0.05) is 26.3 Å². The van der Waals surface area contributed by atoms with E-state index in [-0.39, 0.29) is 12.7 Å². The van der Waals surface area contributed by atoms with Gasteiger partial charge in [-0.3, -0.25) is 4.79 Å². The quantitative estimate of drug-likeness (QED) is 0.189. The third-order valence-electron chi connectivity index (χ3n) is 4.79. The largest absolute Gasteiger partial charge is 0.454 e. The third kappa shape index (κ3) is 5.74. The van der Waals surface area contributed by atoms with Gasteiger partial charge in [0.25, 0.3) is 0 Å². The van der Waals surface area contributed by atoms with Gasteiger partial charge in [0.2, 0.25) is 12.7 Å². The van der Waals surface area contributed by atoms with Gasteiger partial charge in [-0.2, -0.15) is 5.10 Å². The number of rotatable bonds is 11. The number of ether oxygens (including phenoxy) is 3. The molecule has 2 aromatic heterocycles. The summed E-state index contributed by atoms with van der Waals surface area (Å²) in [4.78, 5) is 21.5. The van der Waals surface area contributed by atoms with E-state index in [1.165, 1.54) is 6.08 Å². The zero-order chi connectivity index (χ0) is 23.0. The predicted molar refractivity (Wildman–Crippen MR) is 127 cm³/mol. The van der Waals surface area contributed by atoms with Crippen molar-refractivity contribution in [2.24, 2.45) is 0 Å². The molecule has 0 saturated carbocycles. The van der Waals surface area contributed by atoms with E-state index < -0.39 is 0 Å². The van der Waals surface area contributed by atoms with E-state index in [2.05, 4.69) is 32.6 Å². The van der Waals surface area contributed by atoms with Crippen molar-refractivity contribution in [1.82, 2.24) is 25.1 Å². The minimum atomic E-state index is -0.192. The van der Waals surface area contributed by atoms with E-state index in [0.717, 1.165) is 28.2 Å². The molecule has 0 aliphatic carbocycles. The van der Waals surface area contributed by atoms with Crippen molar-refractivity contribution in [2.45, 2.75) is 18.6 Å². The first-order chi connectivity index (χ1) is 16.2. The zero-order valence-corrected chi connectivity index (χ0v) is 19.4. The fourth-order valence-corrected chi connectivity index (χ4v) is 3.80. The Morgan fingerprint density at radius 1 is 1.27 bits per heavy atom. The molecule has 0 unspecified atom stereocenters. The van der Waals surface area contributed by atoms with Crippen molar-refractivity contribution in [1.29, 1.82) is 0 Å². The van der Waals surface area contributed by atoms with E-state index in [4.69, 9.17) is 14.2 Å². The topological polar surface area (TPSA) is 112 Å². The molecule has 174 valence electrons. The number of hydrogen-bond acceptors (Lipinski definition) is 9. The summed E-state index contributed by atoms with van der Waals surface area (Å²) in [6.45, 7) is 4.38. The molecule has 0 bridgehead atoms. The Kier molecular flexibility index (Phi) is 7.63. The lowest BCUT2D eigenvalue weighted by atomic mass is 10.2. The number of nitrogens with zero attached hydrogens (tertiary/aromatic N) is 4. The van der Waals surface area contributed by atoms with Gasteiger partial charge in [0.15, 0.2) is 22.3 Å². The van der Waals surface area contributed by atoms with E-state index in [0.29, 0.717) is 42.9 Å². The van der Waals surface area contributed by atoms with Crippen molar-refractivity contribution in [3.8, 4) is 11.5 Å². The highest BCUT2D eigenvalue weighted by Crippen LogP contribution is 2.32. The number of benzene rings is 1. The molecule has 0 radical (unpaired) electrons. The molecule has 1 aliphatic rings. The van der Waals surface area contributed by atoms with Gasteiger partial charge in [-0.1, -0.05) is 24.8 Å². The van der Waals surface area contributed by atoms with Crippen LogP contribution in [0, 0.1) is 0 Å². The molecule has 3 heterocycles. The lowest BCUT2D eigenvalue weighted by molar-refractivity contribution is -0.116. The molecule has 11 heteroatoms. The van der Waals surface area contributed by atoms with Gasteiger partial charge >= 0.3 is 0 Å². The standard InChI is InChI=1S/C22H26N6O4S/c1-3-33-22-26-20(24-9-11-30-2)16-13-25-28(21(16)27-22)10-8-23-19(29)7-5-15-4-6-17-18(12-15)32-14-31-17/h4-7,12-13H,3,8-11,14H2,1-2H3,(H,23,29)(H,24,26,27)/b7-5-. The van der Waals surface area contributed by atoms with Gasteiger partial charge < -0.3 is 24.8 Å². The minimum Gasteiger partial charge on any atom is -0.454 e. The monoisotopic (exact) mass is 470 g/mol. The smallest absolute Gasteiger partial charge is 0.244 e. The number of carbonyl (C=O) groups excluding carboxylic acids is 1. The second-order valence-electron chi connectivity index (χ2n) is 7.05. The lowest BCUT2D eigenvalue weighted by Crippen LogP contribution is -2.25. The Bertz CT molecular complexity index is 1150. The number of hydrogen-bond donors (Lipinski definition) is 2. The molecule has 2 N–H and O–H groups in total. The molecule has 33 heavy (non-hydrogen) atoms. The van der Waals surface area contributed by atoms with Crippen LogP contribution in [0.25, 0.3) is 17.1 Å². The van der Waals surface area contributed by atoms with Gasteiger partial charge in [0.05, 0.1) is 24.7 Å². The number of thioether (sulfide) groups is 1. The second-order valence-corrected chi connectivity index (χ2v) is 8.28. The molecule has 0 spiro atoms. The highest BCUT2D eigenvalue weighted by atomic mass is 32.2. The highest BCUT2D eigenvalue weighted by molar-refractivity contribution is 7.99. The van der Waals surface area contributed by atoms with Crippen molar-refractivity contribution >= 4 is 40.6 Å². The average Bonchev–Trinajstić information content (AvgIpc) is 3.45. The van der Waals surface area contributed by atoms with Gasteiger partial charge in [-0.05, 0) is 29.5 Å². The van der Waals surface area contributed by atoms with Crippen LogP contribution in [0.5, 0.6) is 11.5 Å². The van der Waals surface area contributed by atoms with Crippen LogP contribution in [0.15, 0.2) is 35.6 Å². The Labute approximate surface area is 195 Å². The normalized spacial score (nSPS) is 12.5. The molecule has 1 aromatic carbocycles. The molecule has 1 aliphatic heterocycles. The van der Waals surface area contributed by atoms with Crippen LogP contribution in [0.4, 0.5) is 5.82 Å². The minimum absolute atomic E-state index is 0.192. The summed E-state index contributed by atoms with van der Waals surface area (Å²) < 4.78 is 17.5. The van der Waals surface area contributed by atoms with Crippen molar-refractivity contribution in [3.63, 3.8) is 0 Å². The number of aromatic nitrogens is 4. The summed E-state index contributed by atoms with van der Waals surface area (Å²) >= 11 is 1.57. The molecular formula is C22H26N6O4S. The highest BCUT2D eigenvalue weighted by Gasteiger charge is 2.14. The van der Waals surface area contributed by atoms with Crippen molar-refractivity contribution in [3.05, 3.63) is 36.0 Å². The Balaban J connectivity index is 1.37. The molecule has 10 nitrogen and oxygen atoms in total. The van der Waals surface area contributed by atoms with Crippen LogP contribution in [0.3, 0.4) is 0 Å². The molecule has 3 aromatic rings. The maximum absolute atomic E-state index is 12.2. The SMILES string of the molecule is CCSc1nc(NCCOC)c2cnn(CCNC(=O)/C=C\c3ccc4c(c3)OCO4)c2n1. The molecule has 0 saturated heterocycles. The first kappa shape index (κ1) is 22.9. The summed E-state index contributed by atoms with van der Waals surface area (Å²) in [6.07, 6.45) is 4.97. The first-order valence-corrected chi connectivity index (χ1v) is 11.6. The number of carbonyl (C=O) groups is 1. The Morgan fingerprint density at radius 2 is 2.15 bits per heavy atom. The molecule has 0 fully saturated rings. The Morgan fingerprint density at radius 3 is 3.00 bits per heavy atom. The van der Waals surface area contributed by atoms with Crippen LogP contribution in [0.1, 0.15) is 12.5 Å². The summed E-state index contributed by atoms with van der Waals surface area (Å²) in [7, 11) is 1.66. The molecule has 1 amide bonds. The van der Waals surface area contributed by atoms with Gasteiger partial charge in [0.1, 0.15) is 5.82 Å². The fraction of sp³-hybridized carbons (Fsp3) is 0.364. The maximum Gasteiger partial charge on any atom is 0.244 e. The zero-order valence-electron chi connectivity index (χ0n) is 18.5. The van der Waals surface area contributed by atoms with Crippen molar-refractivity contribution < 1.29 is 19.0 Å². The van der Waals surface area contributed by atoms with E-state index >= 15 is 0 Å². The lowest BCUT2D eigenvalue weighted by Gasteiger charge is -2.09. The van der Waals surface area contributed by atoms with E-state index in [9.17, 15) is 4.79 Å². The fourth-order valence-electron chi connectivity index (χ4n) is 3.23. The summed E-state index contributed by atoms with van der Waals surface area (Å²) in [6, 6.07) is 5.54. The van der Waals surface area contributed by atoms with Crippen molar-refractivity contribution in [2.75, 3.05) is 44.7 Å². The van der Waals surface area contributed by atoms with Gasteiger partial charge in [-0.15, -0.1) is 0 Å². The first-order valence-electron chi connectivity index (χ1n) is 10.6. The Hall–Kier alpha value is -3.31. The van der Waals surface area contributed by atoms with Crippen LogP contribution < -0.4 is 20.1 Å². The van der Waals surface area contributed by atoms with E-state index in [1.54, 1.807) is 35.8 Å². The van der Waals surface area contributed by atoms with E-state index in [1.807, 2.05) is 18.2 Å². The molecular weight excluding hydrogens is 444 g/mol. The number of methoxy groups -OCH3 is 1. The number of amides is 1. The summed E-state index contributed by atoms with van der Waals surface area (Å²) in [5.41, 5.74) is 1.59. The van der Waals surface area contributed by atoms with Crippen LogP contribution in [-0.2, 0) is 16.1 Å². The van der Waals surface area contributed by atoms with Crippen LogP contribution in [0.2, 0.25) is 0 Å². The maximum atomic E-state index is 12.2.